The summed E-state index contributed by atoms with van der Waals surface area (Å²) in [5, 5.41) is 2.07. The summed E-state index contributed by atoms with van der Waals surface area (Å²) < 4.78 is 0. The third kappa shape index (κ3) is 2.26. The van der Waals surface area contributed by atoms with Gasteiger partial charge < -0.3 is 11.5 Å². The Labute approximate surface area is 108 Å². The van der Waals surface area contributed by atoms with Gasteiger partial charge in [-0.2, -0.15) is 0 Å². The van der Waals surface area contributed by atoms with E-state index in [9.17, 15) is 0 Å². The van der Waals surface area contributed by atoms with Crippen molar-refractivity contribution in [3.8, 4) is 0 Å². The van der Waals surface area contributed by atoms with Crippen LogP contribution in [0.15, 0.2) is 18.2 Å². The summed E-state index contributed by atoms with van der Waals surface area (Å²) in [6.45, 7) is 4.23. The first-order valence-corrected chi connectivity index (χ1v) is 6.58. The number of pyridine rings is 1. The van der Waals surface area contributed by atoms with Crippen LogP contribution >= 0.6 is 0 Å². The highest BCUT2D eigenvalue weighted by molar-refractivity contribution is 6.01. The quantitative estimate of drug-likeness (QED) is 0.638. The number of anilines is 2. The van der Waals surface area contributed by atoms with Crippen molar-refractivity contribution in [1.29, 1.82) is 0 Å². The van der Waals surface area contributed by atoms with E-state index in [0.29, 0.717) is 5.82 Å². The summed E-state index contributed by atoms with van der Waals surface area (Å²) in [6.07, 6.45) is 4.65. The molecule has 3 heteroatoms. The molecule has 2 rings (SSSR count). The van der Waals surface area contributed by atoms with Gasteiger partial charge in [-0.3, -0.25) is 0 Å². The van der Waals surface area contributed by atoms with E-state index in [1.807, 2.05) is 25.1 Å². The van der Waals surface area contributed by atoms with E-state index in [1.165, 1.54) is 24.8 Å². The number of rotatable bonds is 4. The molecule has 1 aromatic carbocycles. The first-order chi connectivity index (χ1) is 8.65. The van der Waals surface area contributed by atoms with Gasteiger partial charge >= 0.3 is 0 Å². The summed E-state index contributed by atoms with van der Waals surface area (Å²) in [6, 6.07) is 5.86. The van der Waals surface area contributed by atoms with Crippen molar-refractivity contribution in [3.63, 3.8) is 0 Å². The standard InChI is InChI=1S/C15H21N3/c1-3-4-5-7-11-10(2)18-15(17)12-8-6-9-13(16)14(11)12/h6,8-9H,3-5,7,16H2,1-2H3,(H2,17,18). The van der Waals surface area contributed by atoms with Crippen molar-refractivity contribution >= 4 is 22.3 Å². The molecular formula is C15H21N3. The minimum Gasteiger partial charge on any atom is -0.398 e. The molecule has 1 heterocycles. The van der Waals surface area contributed by atoms with Gasteiger partial charge in [0.05, 0.1) is 0 Å². The Bertz CT molecular complexity index is 561. The Kier molecular flexibility index (Phi) is 3.70. The molecule has 0 unspecified atom stereocenters. The molecule has 0 saturated carbocycles. The van der Waals surface area contributed by atoms with Gasteiger partial charge in [0, 0.05) is 22.2 Å². The molecule has 1 aromatic heterocycles. The van der Waals surface area contributed by atoms with Crippen LogP contribution in [0.2, 0.25) is 0 Å². The van der Waals surface area contributed by atoms with Crippen molar-refractivity contribution in [2.45, 2.75) is 39.5 Å². The zero-order chi connectivity index (χ0) is 13.1. The first kappa shape index (κ1) is 12.7. The van der Waals surface area contributed by atoms with Gasteiger partial charge in [0.15, 0.2) is 0 Å². The Morgan fingerprint density at radius 2 is 1.94 bits per heavy atom. The fraction of sp³-hybridized carbons (Fsp3) is 0.400. The number of hydrogen-bond acceptors (Lipinski definition) is 3. The predicted molar refractivity (Wildman–Crippen MR) is 78.5 cm³/mol. The van der Waals surface area contributed by atoms with Gasteiger partial charge in [-0.25, -0.2) is 4.98 Å². The fourth-order valence-electron chi connectivity index (χ4n) is 2.47. The maximum absolute atomic E-state index is 6.12. The molecule has 18 heavy (non-hydrogen) atoms. The third-order valence-corrected chi connectivity index (χ3v) is 3.43. The minimum absolute atomic E-state index is 0.578. The molecule has 2 aromatic rings. The van der Waals surface area contributed by atoms with Crippen LogP contribution in [0.25, 0.3) is 10.8 Å². The van der Waals surface area contributed by atoms with E-state index in [2.05, 4.69) is 11.9 Å². The number of aromatic nitrogens is 1. The number of nitrogen functional groups attached to an aromatic ring is 2. The molecule has 0 amide bonds. The molecule has 0 atom stereocenters. The average Bonchev–Trinajstić information content (AvgIpc) is 2.34. The minimum atomic E-state index is 0.578. The van der Waals surface area contributed by atoms with E-state index in [0.717, 1.165) is 28.6 Å². The van der Waals surface area contributed by atoms with E-state index >= 15 is 0 Å². The molecule has 0 radical (unpaired) electrons. The second-order valence-electron chi connectivity index (χ2n) is 4.79. The molecule has 0 aliphatic rings. The lowest BCUT2D eigenvalue weighted by Gasteiger charge is -2.13. The average molecular weight is 243 g/mol. The van der Waals surface area contributed by atoms with Crippen molar-refractivity contribution in [1.82, 2.24) is 4.98 Å². The van der Waals surface area contributed by atoms with Crippen LogP contribution in [0.1, 0.15) is 37.4 Å². The van der Waals surface area contributed by atoms with Crippen LogP contribution in [0.4, 0.5) is 11.5 Å². The van der Waals surface area contributed by atoms with Gasteiger partial charge in [-0.05, 0) is 31.4 Å². The Balaban J connectivity index is 2.56. The van der Waals surface area contributed by atoms with Crippen LogP contribution < -0.4 is 11.5 Å². The van der Waals surface area contributed by atoms with Gasteiger partial charge in [-0.15, -0.1) is 0 Å². The second kappa shape index (κ2) is 5.25. The van der Waals surface area contributed by atoms with Gasteiger partial charge in [0.2, 0.25) is 0 Å². The van der Waals surface area contributed by atoms with Crippen molar-refractivity contribution in [2.75, 3.05) is 11.5 Å². The summed E-state index contributed by atoms with van der Waals surface area (Å²) in [5.74, 6) is 0.578. The number of fused-ring (bicyclic) bond motifs is 1. The van der Waals surface area contributed by atoms with E-state index in [4.69, 9.17) is 11.5 Å². The molecule has 3 nitrogen and oxygen atoms in total. The van der Waals surface area contributed by atoms with Gasteiger partial charge in [0.1, 0.15) is 5.82 Å². The maximum Gasteiger partial charge on any atom is 0.131 e. The Morgan fingerprint density at radius 3 is 2.67 bits per heavy atom. The Morgan fingerprint density at radius 1 is 1.17 bits per heavy atom. The van der Waals surface area contributed by atoms with Crippen molar-refractivity contribution < 1.29 is 0 Å². The summed E-state index contributed by atoms with van der Waals surface area (Å²) in [5.41, 5.74) is 15.2. The molecular weight excluding hydrogens is 222 g/mol. The van der Waals surface area contributed by atoms with Crippen LogP contribution in [-0.4, -0.2) is 4.98 Å². The molecule has 0 spiro atoms. The largest absolute Gasteiger partial charge is 0.398 e. The molecule has 0 fully saturated rings. The number of unbranched alkanes of at least 4 members (excludes halogenated alkanes) is 2. The predicted octanol–water partition coefficient (Wildman–Crippen LogP) is 3.44. The smallest absolute Gasteiger partial charge is 0.131 e. The molecule has 96 valence electrons. The van der Waals surface area contributed by atoms with Crippen LogP contribution in [0, 0.1) is 6.92 Å². The van der Waals surface area contributed by atoms with E-state index < -0.39 is 0 Å². The number of nitrogens with two attached hydrogens (primary N) is 2. The monoisotopic (exact) mass is 243 g/mol. The summed E-state index contributed by atoms with van der Waals surface area (Å²) in [7, 11) is 0. The maximum atomic E-state index is 6.12. The lowest BCUT2D eigenvalue weighted by molar-refractivity contribution is 0.716. The SMILES string of the molecule is CCCCCc1c(C)nc(N)c2cccc(N)c12. The molecule has 4 N–H and O–H groups in total. The van der Waals surface area contributed by atoms with Crippen LogP contribution in [-0.2, 0) is 6.42 Å². The molecule has 0 aliphatic heterocycles. The van der Waals surface area contributed by atoms with Crippen molar-refractivity contribution in [2.24, 2.45) is 0 Å². The van der Waals surface area contributed by atoms with Crippen LogP contribution in [0.5, 0.6) is 0 Å². The van der Waals surface area contributed by atoms with E-state index in [1.54, 1.807) is 0 Å². The van der Waals surface area contributed by atoms with E-state index in [-0.39, 0.29) is 0 Å². The normalized spacial score (nSPS) is 11.0. The second-order valence-corrected chi connectivity index (χ2v) is 4.79. The summed E-state index contributed by atoms with van der Waals surface area (Å²) in [4.78, 5) is 4.44. The lowest BCUT2D eigenvalue weighted by Crippen LogP contribution is -2.02. The van der Waals surface area contributed by atoms with Gasteiger partial charge in [-0.1, -0.05) is 31.9 Å². The zero-order valence-corrected chi connectivity index (χ0v) is 11.2. The third-order valence-electron chi connectivity index (χ3n) is 3.43. The molecule has 0 saturated heterocycles. The zero-order valence-electron chi connectivity index (χ0n) is 11.2. The topological polar surface area (TPSA) is 64.9 Å². The van der Waals surface area contributed by atoms with Gasteiger partial charge in [0.25, 0.3) is 0 Å². The highest BCUT2D eigenvalue weighted by Crippen LogP contribution is 2.31. The molecule has 0 bridgehead atoms. The number of benzene rings is 1. The number of hydrogen-bond donors (Lipinski definition) is 2. The van der Waals surface area contributed by atoms with Crippen molar-refractivity contribution in [3.05, 3.63) is 29.5 Å². The summed E-state index contributed by atoms with van der Waals surface area (Å²) >= 11 is 0. The first-order valence-electron chi connectivity index (χ1n) is 6.58. The Hall–Kier alpha value is -1.77. The lowest BCUT2D eigenvalue weighted by atomic mass is 9.97. The fourth-order valence-corrected chi connectivity index (χ4v) is 2.47. The highest BCUT2D eigenvalue weighted by atomic mass is 14.8. The van der Waals surface area contributed by atoms with Crippen LogP contribution in [0.3, 0.4) is 0 Å². The highest BCUT2D eigenvalue weighted by Gasteiger charge is 2.11. The number of nitrogens with zero attached hydrogens (tertiary/aromatic N) is 1. The molecule has 0 aliphatic carbocycles. The number of aryl methyl sites for hydroxylation is 2.